The molecule has 0 aliphatic heterocycles. The fraction of sp³-hybridized carbons (Fsp3) is 0.300. The van der Waals surface area contributed by atoms with Gasteiger partial charge in [-0.3, -0.25) is 4.79 Å². The maximum Gasteiger partial charge on any atom is 0.224 e. The average Bonchev–Trinajstić information content (AvgIpc) is 2.17. The Bertz CT molecular complexity index is 292. The van der Waals surface area contributed by atoms with Crippen LogP contribution in [0.25, 0.3) is 0 Å². The lowest BCUT2D eigenvalue weighted by molar-refractivity contribution is -0.119. The van der Waals surface area contributed by atoms with Crippen molar-refractivity contribution in [1.29, 1.82) is 0 Å². The fourth-order valence-corrected chi connectivity index (χ4v) is 1.11. The van der Waals surface area contributed by atoms with Gasteiger partial charge in [-0.2, -0.15) is 0 Å². The van der Waals surface area contributed by atoms with E-state index in [0.717, 1.165) is 11.1 Å². The van der Waals surface area contributed by atoms with Crippen LogP contribution in [0.2, 0.25) is 0 Å². The van der Waals surface area contributed by atoms with Crippen LogP contribution in [0.1, 0.15) is 24.0 Å². The van der Waals surface area contributed by atoms with E-state index in [2.05, 4.69) is 0 Å². The van der Waals surface area contributed by atoms with E-state index in [4.69, 9.17) is 11.5 Å². The molecule has 4 N–H and O–H groups in total. The van der Waals surface area contributed by atoms with E-state index in [9.17, 15) is 4.79 Å². The van der Waals surface area contributed by atoms with Gasteiger partial charge < -0.3 is 11.5 Å². The van der Waals surface area contributed by atoms with Gasteiger partial charge >= 0.3 is 0 Å². The summed E-state index contributed by atoms with van der Waals surface area (Å²) in [5.41, 5.74) is 12.6. The van der Waals surface area contributed by atoms with Crippen LogP contribution in [-0.2, 0) is 11.3 Å². The SMILES string of the molecule is CC(C(N)=O)c1ccc(CN)cc1. The van der Waals surface area contributed by atoms with Crippen LogP contribution in [0.15, 0.2) is 24.3 Å². The molecule has 0 fully saturated rings. The third-order valence-corrected chi connectivity index (χ3v) is 2.14. The minimum Gasteiger partial charge on any atom is -0.369 e. The Morgan fingerprint density at radius 3 is 2.31 bits per heavy atom. The summed E-state index contributed by atoms with van der Waals surface area (Å²) in [6.45, 7) is 2.31. The summed E-state index contributed by atoms with van der Waals surface area (Å²) >= 11 is 0. The molecule has 0 bridgehead atoms. The van der Waals surface area contributed by atoms with Crippen molar-refractivity contribution in [3.63, 3.8) is 0 Å². The number of nitrogens with two attached hydrogens (primary N) is 2. The van der Waals surface area contributed by atoms with Crippen LogP contribution in [0.5, 0.6) is 0 Å². The van der Waals surface area contributed by atoms with E-state index >= 15 is 0 Å². The molecule has 0 aromatic heterocycles. The lowest BCUT2D eigenvalue weighted by Crippen LogP contribution is -2.18. The zero-order chi connectivity index (χ0) is 9.84. The largest absolute Gasteiger partial charge is 0.369 e. The Labute approximate surface area is 77.7 Å². The zero-order valence-electron chi connectivity index (χ0n) is 7.66. The van der Waals surface area contributed by atoms with Gasteiger partial charge in [0.25, 0.3) is 0 Å². The number of hydrogen-bond donors (Lipinski definition) is 2. The summed E-state index contributed by atoms with van der Waals surface area (Å²) in [7, 11) is 0. The first-order valence-corrected chi connectivity index (χ1v) is 4.23. The van der Waals surface area contributed by atoms with Crippen LogP contribution < -0.4 is 11.5 Å². The number of carbonyl (C=O) groups is 1. The number of carbonyl (C=O) groups excluding carboxylic acids is 1. The Balaban J connectivity index is 2.85. The Kier molecular flexibility index (Phi) is 3.03. The Morgan fingerprint density at radius 1 is 1.38 bits per heavy atom. The molecule has 3 nitrogen and oxygen atoms in total. The fourth-order valence-electron chi connectivity index (χ4n) is 1.11. The first kappa shape index (κ1) is 9.74. The maximum atomic E-state index is 10.9. The average molecular weight is 178 g/mol. The van der Waals surface area contributed by atoms with Crippen LogP contribution in [-0.4, -0.2) is 5.91 Å². The van der Waals surface area contributed by atoms with Gasteiger partial charge in [0.05, 0.1) is 5.92 Å². The standard InChI is InChI=1S/C10H14N2O/c1-7(10(12)13)9-4-2-8(6-11)3-5-9/h2-5,7H,6,11H2,1H3,(H2,12,13). The van der Waals surface area contributed by atoms with Crippen molar-refractivity contribution in [2.45, 2.75) is 19.4 Å². The van der Waals surface area contributed by atoms with E-state index in [1.165, 1.54) is 0 Å². The molecule has 1 aromatic rings. The molecule has 1 unspecified atom stereocenters. The second kappa shape index (κ2) is 4.05. The summed E-state index contributed by atoms with van der Waals surface area (Å²) in [6, 6.07) is 7.60. The van der Waals surface area contributed by atoms with Crippen molar-refractivity contribution in [2.75, 3.05) is 0 Å². The first-order valence-electron chi connectivity index (χ1n) is 4.23. The molecule has 70 valence electrons. The normalized spacial score (nSPS) is 12.5. The molecule has 0 saturated heterocycles. The van der Waals surface area contributed by atoms with Crippen molar-refractivity contribution in [3.8, 4) is 0 Å². The van der Waals surface area contributed by atoms with E-state index < -0.39 is 0 Å². The molecule has 0 radical (unpaired) electrons. The molecule has 0 aliphatic rings. The van der Waals surface area contributed by atoms with Gasteiger partial charge in [0, 0.05) is 6.54 Å². The highest BCUT2D eigenvalue weighted by molar-refractivity contribution is 5.81. The van der Waals surface area contributed by atoms with Gasteiger partial charge in [-0.25, -0.2) is 0 Å². The van der Waals surface area contributed by atoms with Gasteiger partial charge in [0.1, 0.15) is 0 Å². The highest BCUT2D eigenvalue weighted by atomic mass is 16.1. The molecule has 0 spiro atoms. The molecule has 1 aromatic carbocycles. The van der Waals surface area contributed by atoms with Gasteiger partial charge in [-0.05, 0) is 18.1 Å². The third kappa shape index (κ3) is 2.29. The van der Waals surface area contributed by atoms with Crippen molar-refractivity contribution in [2.24, 2.45) is 11.5 Å². The molecule has 1 atom stereocenters. The second-order valence-electron chi connectivity index (χ2n) is 3.07. The molecular formula is C10H14N2O. The molecule has 1 amide bonds. The number of rotatable bonds is 3. The molecule has 1 rings (SSSR count). The summed E-state index contributed by atoms with van der Waals surface area (Å²) < 4.78 is 0. The van der Waals surface area contributed by atoms with Crippen molar-refractivity contribution in [3.05, 3.63) is 35.4 Å². The minimum atomic E-state index is -0.305. The summed E-state index contributed by atoms with van der Waals surface area (Å²) in [6.07, 6.45) is 0. The topological polar surface area (TPSA) is 69.1 Å². The number of hydrogen-bond acceptors (Lipinski definition) is 2. The predicted molar refractivity (Wildman–Crippen MR) is 51.9 cm³/mol. The Hall–Kier alpha value is -1.35. The molecular weight excluding hydrogens is 164 g/mol. The maximum absolute atomic E-state index is 10.9. The van der Waals surface area contributed by atoms with Crippen LogP contribution in [0.3, 0.4) is 0 Å². The lowest BCUT2D eigenvalue weighted by atomic mass is 9.99. The lowest BCUT2D eigenvalue weighted by Gasteiger charge is -2.07. The predicted octanol–water partition coefficient (Wildman–Crippen LogP) is 0.734. The van der Waals surface area contributed by atoms with Gasteiger partial charge in [0.15, 0.2) is 0 Å². The van der Waals surface area contributed by atoms with Gasteiger partial charge in [-0.1, -0.05) is 24.3 Å². The molecule has 0 heterocycles. The van der Waals surface area contributed by atoms with Gasteiger partial charge in [-0.15, -0.1) is 0 Å². The quantitative estimate of drug-likeness (QED) is 0.716. The summed E-state index contributed by atoms with van der Waals surface area (Å²) in [5, 5.41) is 0. The number of benzene rings is 1. The highest BCUT2D eigenvalue weighted by Gasteiger charge is 2.10. The monoisotopic (exact) mass is 178 g/mol. The molecule has 13 heavy (non-hydrogen) atoms. The summed E-state index contributed by atoms with van der Waals surface area (Å²) in [5.74, 6) is -0.535. The Morgan fingerprint density at radius 2 is 1.92 bits per heavy atom. The van der Waals surface area contributed by atoms with Crippen molar-refractivity contribution in [1.82, 2.24) is 0 Å². The second-order valence-corrected chi connectivity index (χ2v) is 3.07. The first-order chi connectivity index (χ1) is 6.15. The third-order valence-electron chi connectivity index (χ3n) is 2.14. The van der Waals surface area contributed by atoms with Crippen LogP contribution in [0, 0.1) is 0 Å². The minimum absolute atomic E-state index is 0.230. The van der Waals surface area contributed by atoms with Crippen LogP contribution >= 0.6 is 0 Å². The smallest absolute Gasteiger partial charge is 0.224 e. The number of amides is 1. The van der Waals surface area contributed by atoms with Crippen molar-refractivity contribution < 1.29 is 4.79 Å². The molecule has 3 heteroatoms. The number of primary amides is 1. The zero-order valence-corrected chi connectivity index (χ0v) is 7.66. The van der Waals surface area contributed by atoms with E-state index in [1.807, 2.05) is 24.3 Å². The van der Waals surface area contributed by atoms with Crippen LogP contribution in [0.4, 0.5) is 0 Å². The summed E-state index contributed by atoms with van der Waals surface area (Å²) in [4.78, 5) is 10.9. The van der Waals surface area contributed by atoms with E-state index in [-0.39, 0.29) is 11.8 Å². The molecule has 0 saturated carbocycles. The van der Waals surface area contributed by atoms with Crippen molar-refractivity contribution >= 4 is 5.91 Å². The highest BCUT2D eigenvalue weighted by Crippen LogP contribution is 2.14. The van der Waals surface area contributed by atoms with E-state index in [0.29, 0.717) is 6.54 Å². The molecule has 0 aliphatic carbocycles. The van der Waals surface area contributed by atoms with E-state index in [1.54, 1.807) is 6.92 Å². The van der Waals surface area contributed by atoms with Gasteiger partial charge in [0.2, 0.25) is 5.91 Å².